The van der Waals surface area contributed by atoms with Crippen LogP contribution in [0.3, 0.4) is 0 Å². The Morgan fingerprint density at radius 2 is 1.85 bits per heavy atom. The van der Waals surface area contributed by atoms with Gasteiger partial charge in [0.15, 0.2) is 12.7 Å². The summed E-state index contributed by atoms with van der Waals surface area (Å²) in [5.74, 6) is -0.132. The van der Waals surface area contributed by atoms with E-state index in [2.05, 4.69) is 31.6 Å². The van der Waals surface area contributed by atoms with Crippen molar-refractivity contribution in [1.82, 2.24) is 5.32 Å². The van der Waals surface area contributed by atoms with Crippen LogP contribution in [0, 0.1) is 0 Å². The van der Waals surface area contributed by atoms with Crippen molar-refractivity contribution in [3.63, 3.8) is 0 Å². The van der Waals surface area contributed by atoms with Gasteiger partial charge in [0.2, 0.25) is 5.69 Å². The molecule has 0 aliphatic heterocycles. The molecule has 1 aromatic carbocycles. The second kappa shape index (κ2) is 12.2. The molecule has 0 saturated carbocycles. The van der Waals surface area contributed by atoms with E-state index in [1.54, 1.807) is 12.1 Å². The minimum Gasteiger partial charge on any atom is -1.00 e. The number of nitrogens with zero attached hydrogens (tertiary/aromatic N) is 3. The summed E-state index contributed by atoms with van der Waals surface area (Å²) in [5, 5.41) is 15.0. The number of aromatic nitrogens is 1. The summed E-state index contributed by atoms with van der Waals surface area (Å²) in [6.07, 6.45) is 3.17. The van der Waals surface area contributed by atoms with Gasteiger partial charge in [-0.1, -0.05) is 35.5 Å². The molecule has 2 rings (SSSR count). The van der Waals surface area contributed by atoms with Crippen LogP contribution < -0.4 is 57.8 Å². The number of halogens is 2. The highest BCUT2D eigenvalue weighted by Gasteiger charge is 2.15. The van der Waals surface area contributed by atoms with E-state index < -0.39 is 0 Å². The van der Waals surface area contributed by atoms with Gasteiger partial charge in [-0.15, -0.1) is 0 Å². The van der Waals surface area contributed by atoms with E-state index in [9.17, 15) is 4.79 Å². The van der Waals surface area contributed by atoms with Gasteiger partial charge in [-0.25, -0.2) is 0 Å². The van der Waals surface area contributed by atoms with Crippen LogP contribution in [0.15, 0.2) is 53.8 Å². The number of hydrogen-bond donors (Lipinski definition) is 2. The predicted molar refractivity (Wildman–Crippen MR) is 96.8 cm³/mol. The topological polar surface area (TPSA) is 65.6 Å². The van der Waals surface area contributed by atoms with Gasteiger partial charge in [0.05, 0.1) is 39.8 Å². The van der Waals surface area contributed by atoms with E-state index in [0.29, 0.717) is 24.3 Å². The van der Waals surface area contributed by atoms with Crippen molar-refractivity contribution < 1.29 is 67.0 Å². The maximum atomic E-state index is 12.3. The molecule has 2 N–H and O–H groups in total. The van der Waals surface area contributed by atoms with Crippen molar-refractivity contribution in [2.24, 2.45) is 5.16 Å². The van der Waals surface area contributed by atoms with Crippen molar-refractivity contribution in [3.8, 4) is 0 Å². The average Bonchev–Trinajstić information content (AvgIpc) is 2.56. The molecule has 1 amide bonds. The van der Waals surface area contributed by atoms with Gasteiger partial charge in [-0.3, -0.25) is 4.79 Å². The SMILES string of the molecule is C[N+](C)(C)CCNC(=O)c1cc[n+](Cc2ccccc2)c(C=NO)c1.[I-].[I-]. The molecule has 0 unspecified atom stereocenters. The molecule has 0 aliphatic carbocycles. The average molecular weight is 596 g/mol. The standard InChI is InChI=1S/C19H24N4O2.2HI/c1-23(2,3)12-10-20-19(24)17-9-11-22(18(13-17)14-21-25)15-16-7-5-4-6-8-16;;/h4-9,11,13-14H,10,12,15H2,1-3H3;2*1H. The number of benzene rings is 1. The van der Waals surface area contributed by atoms with E-state index in [1.165, 1.54) is 6.21 Å². The highest BCUT2D eigenvalue weighted by atomic mass is 127. The summed E-state index contributed by atoms with van der Waals surface area (Å²) in [6, 6.07) is 13.5. The van der Waals surface area contributed by atoms with Crippen LogP contribution in [0.5, 0.6) is 0 Å². The van der Waals surface area contributed by atoms with E-state index in [-0.39, 0.29) is 53.9 Å². The van der Waals surface area contributed by atoms with Crippen molar-refractivity contribution in [1.29, 1.82) is 0 Å². The molecular weight excluding hydrogens is 570 g/mol. The van der Waals surface area contributed by atoms with Crippen LogP contribution in [-0.4, -0.2) is 56.0 Å². The highest BCUT2D eigenvalue weighted by Crippen LogP contribution is 2.03. The normalized spacial score (nSPS) is 10.8. The third-order valence-electron chi connectivity index (χ3n) is 3.79. The smallest absolute Gasteiger partial charge is 0.251 e. The lowest BCUT2D eigenvalue weighted by Crippen LogP contribution is -3.00. The van der Waals surface area contributed by atoms with Gasteiger partial charge in [0.25, 0.3) is 5.91 Å². The van der Waals surface area contributed by atoms with E-state index in [0.717, 1.165) is 16.6 Å². The van der Waals surface area contributed by atoms with Gasteiger partial charge in [0.1, 0.15) is 6.21 Å². The number of hydrogen-bond acceptors (Lipinski definition) is 3. The first-order chi connectivity index (χ1) is 11.9. The molecular formula is C19H26I2N4O2. The van der Waals surface area contributed by atoms with Crippen LogP contribution in [0.25, 0.3) is 0 Å². The molecule has 27 heavy (non-hydrogen) atoms. The molecule has 0 spiro atoms. The molecule has 0 radical (unpaired) electrons. The lowest BCUT2D eigenvalue weighted by molar-refractivity contribution is -0.869. The number of rotatable bonds is 7. The fraction of sp³-hybridized carbons (Fsp3) is 0.316. The lowest BCUT2D eigenvalue weighted by Gasteiger charge is -2.23. The minimum atomic E-state index is -0.132. The fourth-order valence-electron chi connectivity index (χ4n) is 2.39. The summed E-state index contributed by atoms with van der Waals surface area (Å²) in [5.41, 5.74) is 2.33. The molecule has 8 heteroatoms. The summed E-state index contributed by atoms with van der Waals surface area (Å²) < 4.78 is 2.71. The van der Waals surface area contributed by atoms with E-state index in [4.69, 9.17) is 5.21 Å². The maximum Gasteiger partial charge on any atom is 0.251 e. The van der Waals surface area contributed by atoms with Gasteiger partial charge >= 0.3 is 0 Å². The summed E-state index contributed by atoms with van der Waals surface area (Å²) in [4.78, 5) is 12.3. The minimum absolute atomic E-state index is 0. The lowest BCUT2D eigenvalue weighted by atomic mass is 10.2. The van der Waals surface area contributed by atoms with Gasteiger partial charge in [0, 0.05) is 17.7 Å². The number of carbonyl (C=O) groups is 1. The molecule has 6 nitrogen and oxygen atoms in total. The van der Waals surface area contributed by atoms with Crippen molar-refractivity contribution in [2.75, 3.05) is 34.2 Å². The van der Waals surface area contributed by atoms with Crippen LogP contribution in [0.1, 0.15) is 21.6 Å². The Labute approximate surface area is 194 Å². The molecule has 2 aromatic rings. The first-order valence-electron chi connectivity index (χ1n) is 8.22. The van der Waals surface area contributed by atoms with Crippen molar-refractivity contribution in [3.05, 3.63) is 65.5 Å². The van der Waals surface area contributed by atoms with Crippen molar-refractivity contribution >= 4 is 12.1 Å². The Kier molecular flexibility index (Phi) is 11.7. The molecule has 1 heterocycles. The van der Waals surface area contributed by atoms with Crippen LogP contribution in [-0.2, 0) is 6.54 Å². The van der Waals surface area contributed by atoms with Crippen LogP contribution in [0.2, 0.25) is 0 Å². The first kappa shape index (κ1) is 25.7. The fourth-order valence-corrected chi connectivity index (χ4v) is 2.39. The largest absolute Gasteiger partial charge is 1.00 e. The molecule has 0 atom stereocenters. The maximum absolute atomic E-state index is 12.3. The molecule has 0 fully saturated rings. The van der Waals surface area contributed by atoms with Crippen LogP contribution in [0.4, 0.5) is 0 Å². The number of oxime groups is 1. The Morgan fingerprint density at radius 1 is 1.19 bits per heavy atom. The van der Waals surface area contributed by atoms with Crippen molar-refractivity contribution in [2.45, 2.75) is 6.54 Å². The highest BCUT2D eigenvalue weighted by molar-refractivity contribution is 5.95. The number of likely N-dealkylation sites (N-methyl/N-ethyl adjacent to an activating group) is 1. The molecule has 148 valence electrons. The summed E-state index contributed by atoms with van der Waals surface area (Å²) in [7, 11) is 6.24. The summed E-state index contributed by atoms with van der Waals surface area (Å²) >= 11 is 0. The number of pyridine rings is 1. The molecule has 1 aromatic heterocycles. The Balaban J connectivity index is 0.00000338. The Morgan fingerprint density at radius 3 is 2.44 bits per heavy atom. The Hall–Kier alpha value is -1.27. The molecule has 0 saturated heterocycles. The first-order valence-corrected chi connectivity index (χ1v) is 8.22. The molecule has 0 aliphatic rings. The monoisotopic (exact) mass is 596 g/mol. The van der Waals surface area contributed by atoms with Gasteiger partial charge in [-0.05, 0) is 0 Å². The number of quaternary nitrogens is 1. The zero-order valence-corrected chi connectivity index (χ0v) is 20.1. The zero-order valence-electron chi connectivity index (χ0n) is 15.8. The zero-order chi connectivity index (χ0) is 18.3. The number of nitrogens with one attached hydrogen (secondary N) is 1. The quantitative estimate of drug-likeness (QED) is 0.0844. The van der Waals surface area contributed by atoms with Crippen LogP contribution >= 0.6 is 0 Å². The third kappa shape index (κ3) is 8.98. The van der Waals surface area contributed by atoms with E-state index in [1.807, 2.05) is 41.1 Å². The third-order valence-corrected chi connectivity index (χ3v) is 3.79. The predicted octanol–water partition coefficient (Wildman–Crippen LogP) is -4.73. The number of amides is 1. The van der Waals surface area contributed by atoms with Gasteiger partial charge in [-0.2, -0.15) is 4.57 Å². The number of carbonyl (C=O) groups excluding carboxylic acids is 1. The molecule has 0 bridgehead atoms. The van der Waals surface area contributed by atoms with Gasteiger partial charge < -0.3 is 63.0 Å². The van der Waals surface area contributed by atoms with E-state index >= 15 is 0 Å². The second-order valence-corrected chi connectivity index (χ2v) is 6.97. The second-order valence-electron chi connectivity index (χ2n) is 6.97. The Bertz CT molecular complexity index is 747. The summed E-state index contributed by atoms with van der Waals surface area (Å²) in [6.45, 7) is 2.08.